The van der Waals surface area contributed by atoms with Crippen LogP contribution in [0, 0.1) is 5.82 Å². The number of nitrogens with one attached hydrogen (secondary N) is 1. The molecule has 0 aromatic heterocycles. The zero-order valence-corrected chi connectivity index (χ0v) is 10.0. The van der Waals surface area contributed by atoms with E-state index in [2.05, 4.69) is 10.1 Å². The van der Waals surface area contributed by atoms with E-state index in [9.17, 15) is 17.6 Å². The molecule has 0 radical (unpaired) electrons. The number of hydrogen-bond donors (Lipinski definition) is 2. The Morgan fingerprint density at radius 2 is 1.75 bits per heavy atom. The Kier molecular flexibility index (Phi) is 3.69. The molecule has 20 heavy (non-hydrogen) atoms. The molecule has 2 aromatic rings. The molecule has 0 amide bonds. The molecule has 106 valence electrons. The van der Waals surface area contributed by atoms with Crippen LogP contribution >= 0.6 is 0 Å². The summed E-state index contributed by atoms with van der Waals surface area (Å²) < 4.78 is 53.2. The molecule has 2 aromatic carbocycles. The number of nitrogen functional groups attached to an aromatic ring is 1. The molecular formula is C13H10F4N2O. The van der Waals surface area contributed by atoms with Crippen LogP contribution in [0.5, 0.6) is 5.75 Å². The van der Waals surface area contributed by atoms with Gasteiger partial charge in [0.25, 0.3) is 0 Å². The molecule has 0 aliphatic carbocycles. The smallest absolute Gasteiger partial charge is 0.406 e. The summed E-state index contributed by atoms with van der Waals surface area (Å²) in [5.74, 6) is -0.915. The lowest BCUT2D eigenvalue weighted by Gasteiger charge is -2.11. The fraction of sp³-hybridized carbons (Fsp3) is 0.0769. The van der Waals surface area contributed by atoms with E-state index in [0.717, 1.165) is 12.1 Å². The first-order valence-electron chi connectivity index (χ1n) is 5.51. The minimum atomic E-state index is -4.76. The van der Waals surface area contributed by atoms with Gasteiger partial charge in [-0.25, -0.2) is 4.39 Å². The lowest BCUT2D eigenvalue weighted by molar-refractivity contribution is -0.274. The summed E-state index contributed by atoms with van der Waals surface area (Å²) in [5, 5.41) is 2.74. The average Bonchev–Trinajstić information content (AvgIpc) is 2.25. The zero-order chi connectivity index (χ0) is 14.8. The van der Waals surface area contributed by atoms with Crippen molar-refractivity contribution < 1.29 is 22.3 Å². The van der Waals surface area contributed by atoms with Crippen molar-refractivity contribution in [2.24, 2.45) is 0 Å². The number of anilines is 3. The van der Waals surface area contributed by atoms with Gasteiger partial charge in [0.15, 0.2) is 0 Å². The highest BCUT2D eigenvalue weighted by molar-refractivity contribution is 5.64. The second kappa shape index (κ2) is 5.28. The van der Waals surface area contributed by atoms with Crippen molar-refractivity contribution in [1.29, 1.82) is 0 Å². The van der Waals surface area contributed by atoms with Crippen molar-refractivity contribution in [1.82, 2.24) is 0 Å². The molecular weight excluding hydrogens is 276 g/mol. The fourth-order valence-electron chi connectivity index (χ4n) is 1.62. The largest absolute Gasteiger partial charge is 0.573 e. The number of benzene rings is 2. The average molecular weight is 286 g/mol. The minimum absolute atomic E-state index is 0.204. The van der Waals surface area contributed by atoms with E-state index < -0.39 is 12.2 Å². The van der Waals surface area contributed by atoms with Gasteiger partial charge < -0.3 is 15.8 Å². The van der Waals surface area contributed by atoms with Crippen LogP contribution in [0.15, 0.2) is 42.5 Å². The lowest BCUT2D eigenvalue weighted by atomic mass is 10.2. The standard InChI is InChI=1S/C13H10F4N2O/c14-8-4-9(18)6-11(5-8)19-10-2-1-3-12(7-10)20-13(15,16)17/h1-7,19H,18H2. The molecule has 2 rings (SSSR count). The number of ether oxygens (including phenoxy) is 1. The number of alkyl halides is 3. The monoisotopic (exact) mass is 286 g/mol. The minimum Gasteiger partial charge on any atom is -0.406 e. The summed E-state index contributed by atoms with van der Waals surface area (Å²) in [6.07, 6.45) is -4.76. The van der Waals surface area contributed by atoms with E-state index in [1.165, 1.54) is 30.3 Å². The summed E-state index contributed by atoms with van der Waals surface area (Å²) in [4.78, 5) is 0. The third-order valence-corrected chi connectivity index (χ3v) is 2.28. The van der Waals surface area contributed by atoms with Crippen molar-refractivity contribution in [3.63, 3.8) is 0 Å². The summed E-state index contributed by atoms with van der Waals surface area (Å²) >= 11 is 0. The van der Waals surface area contributed by atoms with Crippen LogP contribution in [-0.2, 0) is 0 Å². The maximum atomic E-state index is 13.1. The quantitative estimate of drug-likeness (QED) is 0.661. The molecule has 0 aliphatic heterocycles. The number of halogens is 4. The first-order valence-corrected chi connectivity index (χ1v) is 5.51. The van der Waals surface area contributed by atoms with Crippen LogP contribution in [0.1, 0.15) is 0 Å². The van der Waals surface area contributed by atoms with Crippen LogP contribution < -0.4 is 15.8 Å². The third kappa shape index (κ3) is 4.04. The topological polar surface area (TPSA) is 47.3 Å². The van der Waals surface area contributed by atoms with E-state index >= 15 is 0 Å². The molecule has 0 atom stereocenters. The van der Waals surface area contributed by atoms with Crippen LogP contribution in [0.3, 0.4) is 0 Å². The molecule has 0 spiro atoms. The van der Waals surface area contributed by atoms with Gasteiger partial charge in [0.2, 0.25) is 0 Å². The number of rotatable bonds is 3. The Labute approximate surface area is 112 Å². The molecule has 3 nitrogen and oxygen atoms in total. The van der Waals surface area contributed by atoms with Gasteiger partial charge >= 0.3 is 6.36 Å². The van der Waals surface area contributed by atoms with Crippen molar-refractivity contribution >= 4 is 17.1 Å². The highest BCUT2D eigenvalue weighted by atomic mass is 19.4. The van der Waals surface area contributed by atoms with E-state index in [0.29, 0.717) is 11.4 Å². The van der Waals surface area contributed by atoms with Crippen LogP contribution in [0.2, 0.25) is 0 Å². The van der Waals surface area contributed by atoms with Gasteiger partial charge in [-0.3, -0.25) is 0 Å². The van der Waals surface area contributed by atoms with Crippen molar-refractivity contribution in [3.05, 3.63) is 48.3 Å². The van der Waals surface area contributed by atoms with Crippen molar-refractivity contribution in [3.8, 4) is 5.75 Å². The van der Waals surface area contributed by atoms with Gasteiger partial charge in [0, 0.05) is 23.1 Å². The van der Waals surface area contributed by atoms with E-state index in [-0.39, 0.29) is 11.4 Å². The molecule has 0 fully saturated rings. The Bertz CT molecular complexity index is 593. The Balaban J connectivity index is 2.19. The van der Waals surface area contributed by atoms with Gasteiger partial charge in [-0.1, -0.05) is 6.07 Å². The Morgan fingerprint density at radius 3 is 2.40 bits per heavy atom. The Morgan fingerprint density at radius 1 is 1.00 bits per heavy atom. The summed E-state index contributed by atoms with van der Waals surface area (Å²) in [6, 6.07) is 8.98. The van der Waals surface area contributed by atoms with Gasteiger partial charge in [0.1, 0.15) is 11.6 Å². The van der Waals surface area contributed by atoms with Gasteiger partial charge in [-0.05, 0) is 30.3 Å². The summed E-state index contributed by atoms with van der Waals surface area (Å²) in [7, 11) is 0. The fourth-order valence-corrected chi connectivity index (χ4v) is 1.62. The first kappa shape index (κ1) is 14.0. The number of hydrogen-bond acceptors (Lipinski definition) is 3. The van der Waals surface area contributed by atoms with E-state index in [1.807, 2.05) is 0 Å². The van der Waals surface area contributed by atoms with Crippen LogP contribution in [0.25, 0.3) is 0 Å². The molecule has 7 heteroatoms. The molecule has 0 heterocycles. The highest BCUT2D eigenvalue weighted by Crippen LogP contribution is 2.27. The Hall–Kier alpha value is -2.44. The summed E-state index contributed by atoms with van der Waals surface area (Å²) in [6.45, 7) is 0. The SMILES string of the molecule is Nc1cc(F)cc(Nc2cccc(OC(F)(F)F)c2)c1. The molecule has 3 N–H and O–H groups in total. The maximum Gasteiger partial charge on any atom is 0.573 e. The normalized spacial score (nSPS) is 11.2. The third-order valence-electron chi connectivity index (χ3n) is 2.28. The van der Waals surface area contributed by atoms with Gasteiger partial charge in [0.05, 0.1) is 0 Å². The highest BCUT2D eigenvalue weighted by Gasteiger charge is 2.31. The second-order valence-electron chi connectivity index (χ2n) is 3.97. The van der Waals surface area contributed by atoms with Crippen molar-refractivity contribution in [2.75, 3.05) is 11.1 Å². The molecule has 0 unspecified atom stereocenters. The maximum absolute atomic E-state index is 13.1. The van der Waals surface area contributed by atoms with Crippen LogP contribution in [0.4, 0.5) is 34.6 Å². The molecule has 0 saturated heterocycles. The molecule has 0 bridgehead atoms. The first-order chi connectivity index (χ1) is 9.32. The van der Waals surface area contributed by atoms with Crippen molar-refractivity contribution in [2.45, 2.75) is 6.36 Å². The number of nitrogens with two attached hydrogens (primary N) is 1. The molecule has 0 saturated carbocycles. The second-order valence-corrected chi connectivity index (χ2v) is 3.97. The van der Waals surface area contributed by atoms with E-state index in [4.69, 9.17) is 5.73 Å². The lowest BCUT2D eigenvalue weighted by Crippen LogP contribution is -2.17. The zero-order valence-electron chi connectivity index (χ0n) is 10.0. The van der Waals surface area contributed by atoms with Crippen LogP contribution in [-0.4, -0.2) is 6.36 Å². The van der Waals surface area contributed by atoms with E-state index in [1.54, 1.807) is 0 Å². The predicted octanol–water partition coefficient (Wildman–Crippen LogP) is 4.05. The van der Waals surface area contributed by atoms with Gasteiger partial charge in [-0.2, -0.15) is 0 Å². The van der Waals surface area contributed by atoms with Gasteiger partial charge in [-0.15, -0.1) is 13.2 Å². The molecule has 0 aliphatic rings. The predicted molar refractivity (Wildman–Crippen MR) is 67.2 cm³/mol. The summed E-state index contributed by atoms with van der Waals surface area (Å²) in [5.41, 5.74) is 6.32.